The highest BCUT2D eigenvalue weighted by atomic mass is 16.6. The van der Waals surface area contributed by atoms with E-state index < -0.39 is 11.7 Å². The van der Waals surface area contributed by atoms with Crippen molar-refractivity contribution in [3.63, 3.8) is 0 Å². The first kappa shape index (κ1) is 16.1. The van der Waals surface area contributed by atoms with Gasteiger partial charge in [-0.05, 0) is 26.3 Å². The topological polar surface area (TPSA) is 64.7 Å². The number of aliphatic hydroxyl groups is 1. The van der Waals surface area contributed by atoms with Crippen LogP contribution >= 0.6 is 0 Å². The molecule has 4 heteroatoms. The van der Waals surface area contributed by atoms with Gasteiger partial charge in [-0.25, -0.2) is 0 Å². The van der Waals surface area contributed by atoms with E-state index in [4.69, 9.17) is 15.2 Å². The van der Waals surface area contributed by atoms with Gasteiger partial charge in [0.15, 0.2) is 0 Å². The van der Waals surface area contributed by atoms with E-state index in [2.05, 4.69) is 0 Å². The highest BCUT2D eigenvalue weighted by Gasteiger charge is 2.28. The van der Waals surface area contributed by atoms with Gasteiger partial charge in [0.1, 0.15) is 5.60 Å². The Morgan fingerprint density at radius 2 is 1.89 bits per heavy atom. The van der Waals surface area contributed by atoms with Crippen LogP contribution in [0, 0.1) is 0 Å². The summed E-state index contributed by atoms with van der Waals surface area (Å²) in [5, 5.41) is 9.48. The van der Waals surface area contributed by atoms with E-state index in [0.29, 0.717) is 19.8 Å². The Bertz CT molecular complexity index is 356. The van der Waals surface area contributed by atoms with Crippen LogP contribution in [0.15, 0.2) is 30.3 Å². The molecule has 19 heavy (non-hydrogen) atoms. The lowest BCUT2D eigenvalue weighted by atomic mass is 10.1. The molecule has 0 amide bonds. The Labute approximate surface area is 115 Å². The number of hydrogen-bond acceptors (Lipinski definition) is 4. The van der Waals surface area contributed by atoms with Gasteiger partial charge in [-0.2, -0.15) is 0 Å². The maximum atomic E-state index is 9.48. The van der Waals surface area contributed by atoms with Crippen molar-refractivity contribution in [2.24, 2.45) is 5.73 Å². The second kappa shape index (κ2) is 7.60. The molecule has 0 bridgehead atoms. The maximum Gasteiger partial charge on any atom is 0.101 e. The molecule has 0 aliphatic heterocycles. The van der Waals surface area contributed by atoms with Crippen LogP contribution in [0.3, 0.4) is 0 Å². The summed E-state index contributed by atoms with van der Waals surface area (Å²) < 4.78 is 11.5. The zero-order valence-electron chi connectivity index (χ0n) is 12.0. The van der Waals surface area contributed by atoms with Crippen molar-refractivity contribution >= 4 is 0 Å². The molecule has 0 spiro atoms. The van der Waals surface area contributed by atoms with E-state index >= 15 is 0 Å². The van der Waals surface area contributed by atoms with Crippen molar-refractivity contribution in [3.05, 3.63) is 35.9 Å². The first-order chi connectivity index (χ1) is 8.97. The summed E-state index contributed by atoms with van der Waals surface area (Å²) in [5.74, 6) is 0. The van der Waals surface area contributed by atoms with Gasteiger partial charge in [0.2, 0.25) is 0 Å². The number of nitrogens with two attached hydrogens (primary N) is 1. The Morgan fingerprint density at radius 3 is 2.42 bits per heavy atom. The van der Waals surface area contributed by atoms with Crippen molar-refractivity contribution < 1.29 is 14.6 Å². The quantitative estimate of drug-likeness (QED) is 0.752. The summed E-state index contributed by atoms with van der Waals surface area (Å²) in [5.41, 5.74) is 6.29. The van der Waals surface area contributed by atoms with Crippen LogP contribution in [0.4, 0.5) is 0 Å². The van der Waals surface area contributed by atoms with Crippen molar-refractivity contribution in [1.82, 2.24) is 0 Å². The highest BCUT2D eigenvalue weighted by molar-refractivity contribution is 5.13. The minimum atomic E-state index is -0.578. The third kappa shape index (κ3) is 5.70. The fourth-order valence-electron chi connectivity index (χ4n) is 1.65. The van der Waals surface area contributed by atoms with Gasteiger partial charge in [-0.15, -0.1) is 0 Å². The molecule has 3 atom stereocenters. The SMILES string of the molecule is CC(O)C(C)OC(C)(CN)COCc1ccccc1. The average molecular weight is 267 g/mol. The van der Waals surface area contributed by atoms with Crippen LogP contribution in [0.5, 0.6) is 0 Å². The standard InChI is InChI=1S/C15H25NO3/c1-12(17)13(2)19-15(3,10-16)11-18-9-14-7-5-4-6-8-14/h4-8,12-13,17H,9-11,16H2,1-3H3. The normalized spacial score (nSPS) is 17.7. The van der Waals surface area contributed by atoms with Crippen LogP contribution in [-0.4, -0.2) is 36.1 Å². The van der Waals surface area contributed by atoms with Gasteiger partial charge in [0, 0.05) is 6.54 Å². The molecule has 3 N–H and O–H groups in total. The molecule has 0 fully saturated rings. The molecule has 1 aromatic rings. The van der Waals surface area contributed by atoms with Crippen LogP contribution < -0.4 is 5.73 Å². The zero-order chi connectivity index (χ0) is 14.3. The zero-order valence-corrected chi connectivity index (χ0v) is 12.0. The molecule has 0 saturated heterocycles. The van der Waals surface area contributed by atoms with Gasteiger partial charge in [0.25, 0.3) is 0 Å². The van der Waals surface area contributed by atoms with Gasteiger partial charge in [-0.1, -0.05) is 30.3 Å². The lowest BCUT2D eigenvalue weighted by molar-refractivity contribution is -0.141. The van der Waals surface area contributed by atoms with E-state index in [0.717, 1.165) is 5.56 Å². The van der Waals surface area contributed by atoms with Crippen LogP contribution in [0.1, 0.15) is 26.3 Å². The molecule has 0 heterocycles. The van der Waals surface area contributed by atoms with E-state index in [-0.39, 0.29) is 6.10 Å². The fraction of sp³-hybridized carbons (Fsp3) is 0.600. The average Bonchev–Trinajstić information content (AvgIpc) is 2.39. The Balaban J connectivity index is 2.43. The minimum Gasteiger partial charge on any atom is -0.391 e. The third-order valence-electron chi connectivity index (χ3n) is 3.10. The van der Waals surface area contributed by atoms with E-state index in [1.807, 2.05) is 44.2 Å². The first-order valence-electron chi connectivity index (χ1n) is 6.64. The molecular weight excluding hydrogens is 242 g/mol. The first-order valence-corrected chi connectivity index (χ1v) is 6.64. The van der Waals surface area contributed by atoms with Crippen molar-refractivity contribution in [2.75, 3.05) is 13.2 Å². The summed E-state index contributed by atoms with van der Waals surface area (Å²) >= 11 is 0. The number of ether oxygens (including phenoxy) is 2. The molecule has 0 aliphatic rings. The van der Waals surface area contributed by atoms with E-state index in [1.54, 1.807) is 6.92 Å². The van der Waals surface area contributed by atoms with Crippen molar-refractivity contribution in [2.45, 2.75) is 45.2 Å². The van der Waals surface area contributed by atoms with Crippen LogP contribution in [0.2, 0.25) is 0 Å². The van der Waals surface area contributed by atoms with E-state index in [1.165, 1.54) is 0 Å². The monoisotopic (exact) mass is 267 g/mol. The third-order valence-corrected chi connectivity index (χ3v) is 3.10. The predicted molar refractivity (Wildman–Crippen MR) is 75.8 cm³/mol. The summed E-state index contributed by atoms with van der Waals surface area (Å²) in [6, 6.07) is 9.96. The molecule has 0 aliphatic carbocycles. The second-order valence-electron chi connectivity index (χ2n) is 5.20. The molecule has 0 radical (unpaired) electrons. The van der Waals surface area contributed by atoms with Gasteiger partial charge in [-0.3, -0.25) is 0 Å². The lowest BCUT2D eigenvalue weighted by Gasteiger charge is -2.32. The summed E-state index contributed by atoms with van der Waals surface area (Å²) in [6.45, 7) is 6.70. The summed E-state index contributed by atoms with van der Waals surface area (Å²) in [6.07, 6.45) is -0.797. The van der Waals surface area contributed by atoms with E-state index in [9.17, 15) is 5.11 Å². The minimum absolute atomic E-state index is 0.270. The Hall–Kier alpha value is -0.940. The Morgan fingerprint density at radius 1 is 1.26 bits per heavy atom. The molecule has 3 unspecified atom stereocenters. The maximum absolute atomic E-state index is 9.48. The highest BCUT2D eigenvalue weighted by Crippen LogP contribution is 2.15. The number of hydrogen-bond donors (Lipinski definition) is 2. The van der Waals surface area contributed by atoms with Gasteiger partial charge >= 0.3 is 0 Å². The lowest BCUT2D eigenvalue weighted by Crippen LogP contribution is -2.46. The second-order valence-corrected chi connectivity index (χ2v) is 5.20. The molecule has 0 aromatic heterocycles. The van der Waals surface area contributed by atoms with Gasteiger partial charge in [0.05, 0.1) is 25.4 Å². The largest absolute Gasteiger partial charge is 0.391 e. The summed E-state index contributed by atoms with van der Waals surface area (Å²) in [7, 11) is 0. The van der Waals surface area contributed by atoms with Crippen LogP contribution in [-0.2, 0) is 16.1 Å². The predicted octanol–water partition coefficient (Wildman–Crippen LogP) is 1.71. The van der Waals surface area contributed by atoms with Crippen molar-refractivity contribution in [1.29, 1.82) is 0 Å². The smallest absolute Gasteiger partial charge is 0.101 e. The van der Waals surface area contributed by atoms with Gasteiger partial charge < -0.3 is 20.3 Å². The van der Waals surface area contributed by atoms with Crippen molar-refractivity contribution in [3.8, 4) is 0 Å². The number of benzene rings is 1. The molecular formula is C15H25NO3. The molecule has 0 saturated carbocycles. The Kier molecular flexibility index (Phi) is 6.45. The molecule has 1 rings (SSSR count). The number of rotatable bonds is 8. The molecule has 4 nitrogen and oxygen atoms in total. The summed E-state index contributed by atoms with van der Waals surface area (Å²) in [4.78, 5) is 0. The fourth-order valence-corrected chi connectivity index (χ4v) is 1.65. The molecule has 108 valence electrons. The molecule has 1 aromatic carbocycles. The number of aliphatic hydroxyl groups excluding tert-OH is 1. The van der Waals surface area contributed by atoms with Crippen LogP contribution in [0.25, 0.3) is 0 Å².